The summed E-state index contributed by atoms with van der Waals surface area (Å²) in [6.45, 7) is 16.2. The zero-order valence-electron chi connectivity index (χ0n) is 39.5. The molecular formula is C50H66ClFN8O8. The highest BCUT2D eigenvalue weighted by Gasteiger charge is 2.69. The Morgan fingerprint density at radius 3 is 2.56 bits per heavy atom. The van der Waals surface area contributed by atoms with E-state index < -0.39 is 17.2 Å². The fraction of sp³-hybridized carbons (Fsp3) is 0.640. The van der Waals surface area contributed by atoms with Crippen molar-refractivity contribution in [3.8, 4) is 5.75 Å². The summed E-state index contributed by atoms with van der Waals surface area (Å²) in [5.74, 6) is 1.18. The topological polar surface area (TPSA) is 152 Å². The number of fused-ring (bicyclic) bond motifs is 3. The molecule has 1 aromatic heterocycles. The maximum atomic E-state index is 13.9. The van der Waals surface area contributed by atoms with Crippen LogP contribution < -0.4 is 15.4 Å². The molecule has 11 rings (SSSR count). The number of benzene rings is 2. The normalized spacial score (nSPS) is 32.3. The van der Waals surface area contributed by atoms with Crippen LogP contribution in [0.4, 0.5) is 21.6 Å². The maximum absolute atomic E-state index is 13.9. The van der Waals surface area contributed by atoms with Gasteiger partial charge in [0.2, 0.25) is 17.6 Å². The molecule has 1 aliphatic carbocycles. The Morgan fingerprint density at radius 1 is 0.956 bits per heavy atom. The first kappa shape index (κ1) is 47.6. The molecule has 2 aromatic carbocycles. The highest BCUT2D eigenvalue weighted by molar-refractivity contribution is 6.31. The molecule has 8 aliphatic rings. The SMILES string of the molecule is C[C@H]1[C@@H](CCCN2CCN(CC(=O)N3CCN(C/C=C/C(=O)Nc4cc5c(Nc6ccc(F)c(Cl)c6)ncnc5cc4O[C@@H]4CCOC4)CC3)CC2)O[C@@H]2OC3(C)CCC4[C@H](C)CC[C@@H]1C42OO3. The standard InChI is InChI=1S/C50H66ClFN8O8/c1-32-8-10-38-33(2)43(65-48-50(38)37(32)12-14-49(3,66-48)67-68-50)6-4-15-57-17-19-59(20-18-57)29-46(62)60-23-21-58(22-24-60)16-5-7-45(61)56-42-27-36-41(28-44(42)64-35-13-25-63-30-35)53-31-54-47(36)55-34-9-11-40(52)39(51)26-34/h5,7,9,11,26-28,31-33,35,37-38,43,48H,4,6,8,10,12-25,29-30H2,1-3H3,(H,56,61)(H,53,54,55)/b7-5+/t32-,33-,35-,37?,38+,43-,48-,49?,50?/m1/s1. The molecule has 3 aromatic rings. The third-order valence-corrected chi connectivity index (χ3v) is 16.1. The van der Waals surface area contributed by atoms with Crippen LogP contribution in [0.2, 0.25) is 5.02 Å². The molecule has 2 bridgehead atoms. The van der Waals surface area contributed by atoms with Crippen molar-refractivity contribution in [3.05, 3.63) is 59.7 Å². The van der Waals surface area contributed by atoms with Gasteiger partial charge in [0, 0.05) is 101 Å². The summed E-state index contributed by atoms with van der Waals surface area (Å²) in [7, 11) is 0. The van der Waals surface area contributed by atoms with Crippen LogP contribution in [-0.2, 0) is 33.6 Å². The Bertz CT molecular complexity index is 2330. The second-order valence-electron chi connectivity index (χ2n) is 20.2. The van der Waals surface area contributed by atoms with E-state index in [0.717, 1.165) is 84.3 Å². The first-order valence-corrected chi connectivity index (χ1v) is 25.2. The van der Waals surface area contributed by atoms with E-state index in [1.54, 1.807) is 18.2 Å². The van der Waals surface area contributed by atoms with Gasteiger partial charge in [-0.2, -0.15) is 0 Å². The summed E-state index contributed by atoms with van der Waals surface area (Å²) in [5, 5.41) is 6.78. The lowest BCUT2D eigenvalue weighted by molar-refractivity contribution is -0.571. The van der Waals surface area contributed by atoms with Gasteiger partial charge in [0.1, 0.15) is 29.8 Å². The zero-order valence-corrected chi connectivity index (χ0v) is 40.3. The van der Waals surface area contributed by atoms with Gasteiger partial charge in [0.05, 0.1) is 42.1 Å². The number of ether oxygens (including phenoxy) is 4. The van der Waals surface area contributed by atoms with Gasteiger partial charge in [-0.25, -0.2) is 24.1 Å². The first-order chi connectivity index (χ1) is 32.9. The minimum atomic E-state index is -0.749. The predicted octanol–water partition coefficient (Wildman–Crippen LogP) is 6.62. The molecule has 9 atom stereocenters. The van der Waals surface area contributed by atoms with Crippen LogP contribution in [0.25, 0.3) is 10.9 Å². The van der Waals surface area contributed by atoms with Crippen LogP contribution in [0.1, 0.15) is 65.7 Å². The van der Waals surface area contributed by atoms with Gasteiger partial charge in [-0.1, -0.05) is 31.5 Å². The van der Waals surface area contributed by atoms with Crippen LogP contribution in [0, 0.1) is 29.5 Å². The molecule has 1 spiro atoms. The molecule has 2 N–H and O–H groups in total. The number of rotatable bonds is 14. The third-order valence-electron chi connectivity index (χ3n) is 15.8. The molecule has 3 unspecified atom stereocenters. The van der Waals surface area contributed by atoms with E-state index in [1.807, 2.05) is 17.9 Å². The van der Waals surface area contributed by atoms with Crippen molar-refractivity contribution in [1.82, 2.24) is 29.6 Å². The molecule has 8 heterocycles. The van der Waals surface area contributed by atoms with E-state index in [1.165, 1.54) is 31.0 Å². The number of piperazine rings is 2. The molecule has 2 amide bonds. The van der Waals surface area contributed by atoms with E-state index in [4.69, 9.17) is 40.3 Å². The number of hydrogen-bond donors (Lipinski definition) is 2. The van der Waals surface area contributed by atoms with Crippen molar-refractivity contribution >= 4 is 51.5 Å². The van der Waals surface area contributed by atoms with Gasteiger partial charge in [0.15, 0.2) is 11.9 Å². The molecule has 7 saturated heterocycles. The van der Waals surface area contributed by atoms with E-state index in [2.05, 4.69) is 49.1 Å². The molecule has 68 heavy (non-hydrogen) atoms. The number of nitrogens with zero attached hydrogens (tertiary/aromatic N) is 6. The Labute approximate surface area is 403 Å². The average molecular weight is 962 g/mol. The molecule has 8 fully saturated rings. The average Bonchev–Trinajstić information content (AvgIpc) is 3.74. The lowest BCUT2D eigenvalue weighted by Crippen LogP contribution is -2.70. The molecule has 0 radical (unpaired) electrons. The van der Waals surface area contributed by atoms with Crippen LogP contribution in [0.5, 0.6) is 5.75 Å². The number of carbonyl (C=O) groups excluding carboxylic acids is 2. The van der Waals surface area contributed by atoms with Gasteiger partial charge in [-0.3, -0.25) is 19.4 Å². The Hall–Kier alpha value is -4.04. The monoisotopic (exact) mass is 960 g/mol. The van der Waals surface area contributed by atoms with Crippen LogP contribution in [0.3, 0.4) is 0 Å². The molecule has 7 aliphatic heterocycles. The number of carbonyl (C=O) groups is 2. The molecular weight excluding hydrogens is 895 g/mol. The molecule has 1 saturated carbocycles. The number of aromatic nitrogens is 2. The number of hydrogen-bond acceptors (Lipinski definition) is 14. The Balaban J connectivity index is 0.658. The zero-order chi connectivity index (χ0) is 47.0. The lowest BCUT2D eigenvalue weighted by Gasteiger charge is -2.60. The quantitative estimate of drug-likeness (QED) is 0.132. The Morgan fingerprint density at radius 2 is 1.76 bits per heavy atom. The number of anilines is 3. The fourth-order valence-electron chi connectivity index (χ4n) is 11.8. The highest BCUT2D eigenvalue weighted by Crippen LogP contribution is 2.61. The van der Waals surface area contributed by atoms with E-state index in [9.17, 15) is 14.0 Å². The van der Waals surface area contributed by atoms with Crippen molar-refractivity contribution in [2.75, 3.05) is 95.8 Å². The largest absolute Gasteiger partial charge is 0.486 e. The Kier molecular flexibility index (Phi) is 14.3. The van der Waals surface area contributed by atoms with Crippen molar-refractivity contribution in [3.63, 3.8) is 0 Å². The molecule has 16 nitrogen and oxygen atoms in total. The summed E-state index contributed by atoms with van der Waals surface area (Å²) < 4.78 is 39.1. The van der Waals surface area contributed by atoms with Crippen molar-refractivity contribution in [2.45, 2.75) is 95.6 Å². The second kappa shape index (κ2) is 20.4. The summed E-state index contributed by atoms with van der Waals surface area (Å²) in [5.41, 5.74) is 1.08. The predicted molar refractivity (Wildman–Crippen MR) is 254 cm³/mol. The van der Waals surface area contributed by atoms with E-state index >= 15 is 0 Å². The van der Waals surface area contributed by atoms with Crippen molar-refractivity contribution in [2.24, 2.45) is 23.7 Å². The van der Waals surface area contributed by atoms with Crippen molar-refractivity contribution in [1.29, 1.82) is 0 Å². The van der Waals surface area contributed by atoms with Gasteiger partial charge in [-0.15, -0.1) is 0 Å². The van der Waals surface area contributed by atoms with Crippen molar-refractivity contribution < 1.29 is 42.7 Å². The molecule has 368 valence electrons. The van der Waals surface area contributed by atoms with Crippen LogP contribution in [-0.4, -0.2) is 156 Å². The highest BCUT2D eigenvalue weighted by atomic mass is 35.5. The number of amides is 2. The van der Waals surface area contributed by atoms with Gasteiger partial charge in [-0.05, 0) is 87.6 Å². The summed E-state index contributed by atoms with van der Waals surface area (Å²) in [6.07, 6.45) is 11.4. The third kappa shape index (κ3) is 10.1. The van der Waals surface area contributed by atoms with Crippen LogP contribution in [0.15, 0.2) is 48.8 Å². The summed E-state index contributed by atoms with van der Waals surface area (Å²) in [4.78, 5) is 57.0. The lowest BCUT2D eigenvalue weighted by atomic mass is 9.57. The minimum Gasteiger partial charge on any atom is -0.486 e. The van der Waals surface area contributed by atoms with E-state index in [0.29, 0.717) is 96.9 Å². The van der Waals surface area contributed by atoms with Crippen LogP contribution >= 0.6 is 11.6 Å². The smallest absolute Gasteiger partial charge is 0.248 e. The van der Waals surface area contributed by atoms with Gasteiger partial charge in [0.25, 0.3) is 0 Å². The van der Waals surface area contributed by atoms with E-state index in [-0.39, 0.29) is 35.3 Å². The summed E-state index contributed by atoms with van der Waals surface area (Å²) in [6, 6.07) is 7.87. The first-order valence-electron chi connectivity index (χ1n) is 24.8. The number of nitrogens with one attached hydrogen (secondary N) is 2. The minimum absolute atomic E-state index is 0.0185. The second-order valence-corrected chi connectivity index (χ2v) is 20.6. The summed E-state index contributed by atoms with van der Waals surface area (Å²) >= 11 is 6.03. The van der Waals surface area contributed by atoms with Gasteiger partial charge < -0.3 is 39.4 Å². The molecule has 18 heteroatoms. The number of halogens is 2. The van der Waals surface area contributed by atoms with Gasteiger partial charge >= 0.3 is 0 Å². The fourth-order valence-corrected chi connectivity index (χ4v) is 12.0. The maximum Gasteiger partial charge on any atom is 0.248 e.